The van der Waals surface area contributed by atoms with Crippen molar-refractivity contribution < 1.29 is 45.5 Å². The summed E-state index contributed by atoms with van der Waals surface area (Å²) < 4.78 is 88.7. The van der Waals surface area contributed by atoms with E-state index in [0.29, 0.717) is 6.07 Å². The number of methoxy groups -OCH3 is 1. The lowest BCUT2D eigenvalue weighted by molar-refractivity contribution is -0.274. The molecule has 0 aliphatic heterocycles. The van der Waals surface area contributed by atoms with E-state index in [1.807, 2.05) is 0 Å². The molecule has 0 fully saturated rings. The summed E-state index contributed by atoms with van der Waals surface area (Å²) in [7, 11) is -3.10. The molecule has 3 rings (SSSR count). The van der Waals surface area contributed by atoms with Gasteiger partial charge in [-0.2, -0.15) is 0 Å². The van der Waals surface area contributed by atoms with Crippen LogP contribution in [-0.4, -0.2) is 30.2 Å². The number of alkyl halides is 3. The molecule has 0 radical (unpaired) electrons. The first-order chi connectivity index (χ1) is 17.1. The van der Waals surface area contributed by atoms with Gasteiger partial charge in [0.15, 0.2) is 11.5 Å². The van der Waals surface area contributed by atoms with Crippen LogP contribution >= 0.6 is 0 Å². The summed E-state index contributed by atoms with van der Waals surface area (Å²) in [5, 5.41) is 2.32. The zero-order chi connectivity index (χ0) is 27.5. The summed E-state index contributed by atoms with van der Waals surface area (Å²) in [4.78, 5) is 27.9. The monoisotopic (exact) mass is 482 g/mol. The maximum Gasteiger partial charge on any atom is 0.573 e. The number of aromatic nitrogens is 1. The number of hydrogen-bond donors (Lipinski definition) is 2. The quantitative estimate of drug-likeness (QED) is 0.477. The van der Waals surface area contributed by atoms with Crippen LogP contribution in [0.3, 0.4) is 0 Å². The number of benzene rings is 2. The standard InChI is InChI=1S/C22H17F4N3O5/c1-11-3-6-15(33-14-7-5-13(9-16(14)32-2)34-22(24,25)26)18(19(11)23)21(31)29-17-8-4-12(10-28-17)20(27)30/h3-10H,1-2H3,(H2,27,30)(H,28,29,31)/i2D3. The summed E-state index contributed by atoms with van der Waals surface area (Å²) in [5.74, 6) is -5.24. The van der Waals surface area contributed by atoms with E-state index in [9.17, 15) is 22.8 Å². The molecule has 0 aliphatic rings. The van der Waals surface area contributed by atoms with Crippen molar-refractivity contribution >= 4 is 17.6 Å². The molecule has 8 nitrogen and oxygen atoms in total. The zero-order valence-electron chi connectivity index (χ0n) is 20.2. The second kappa shape index (κ2) is 9.65. The Labute approximate surface area is 194 Å². The minimum atomic E-state index is -5.07. The predicted molar refractivity (Wildman–Crippen MR) is 112 cm³/mol. The van der Waals surface area contributed by atoms with Crippen LogP contribution in [0.5, 0.6) is 23.0 Å². The van der Waals surface area contributed by atoms with Crippen molar-refractivity contribution in [3.8, 4) is 23.0 Å². The van der Waals surface area contributed by atoms with Crippen molar-refractivity contribution in [1.82, 2.24) is 4.98 Å². The fraction of sp³-hybridized carbons (Fsp3) is 0.136. The lowest BCUT2D eigenvalue weighted by Gasteiger charge is -2.16. The number of carbonyl (C=O) groups is 2. The van der Waals surface area contributed by atoms with E-state index in [1.54, 1.807) is 0 Å². The number of halogens is 4. The Bertz CT molecular complexity index is 1330. The summed E-state index contributed by atoms with van der Waals surface area (Å²) in [5.41, 5.74) is 4.61. The molecular formula is C22H17F4N3O5. The van der Waals surface area contributed by atoms with E-state index in [-0.39, 0.29) is 16.9 Å². The summed E-state index contributed by atoms with van der Waals surface area (Å²) in [6.07, 6.45) is -3.99. The Morgan fingerprint density at radius 3 is 2.44 bits per heavy atom. The zero-order valence-corrected chi connectivity index (χ0v) is 17.2. The number of ether oxygens (including phenoxy) is 3. The Morgan fingerprint density at radius 2 is 1.82 bits per heavy atom. The van der Waals surface area contributed by atoms with Crippen molar-refractivity contribution in [1.29, 1.82) is 0 Å². The second-order valence-electron chi connectivity index (χ2n) is 6.68. The van der Waals surface area contributed by atoms with Gasteiger partial charge >= 0.3 is 6.36 Å². The van der Waals surface area contributed by atoms with Crippen LogP contribution in [0.1, 0.15) is 30.4 Å². The van der Waals surface area contributed by atoms with E-state index < -0.39 is 59.6 Å². The number of aryl methyl sites for hydroxylation is 1. The van der Waals surface area contributed by atoms with Gasteiger partial charge in [0.2, 0.25) is 5.91 Å². The number of primary amides is 1. The smallest absolute Gasteiger partial charge is 0.493 e. The minimum absolute atomic E-state index is 0.0439. The van der Waals surface area contributed by atoms with E-state index in [2.05, 4.69) is 15.0 Å². The van der Waals surface area contributed by atoms with E-state index >= 15 is 4.39 Å². The van der Waals surface area contributed by atoms with Gasteiger partial charge in [0.1, 0.15) is 28.7 Å². The molecule has 0 saturated carbocycles. The van der Waals surface area contributed by atoms with E-state index in [4.69, 9.17) is 19.3 Å². The minimum Gasteiger partial charge on any atom is -0.493 e. The number of nitrogens with zero attached hydrogens (tertiary/aromatic N) is 1. The van der Waals surface area contributed by atoms with Crippen LogP contribution < -0.4 is 25.3 Å². The third-order valence-electron chi connectivity index (χ3n) is 4.29. The van der Waals surface area contributed by atoms with E-state index in [0.717, 1.165) is 18.3 Å². The fourth-order valence-electron chi connectivity index (χ4n) is 2.72. The number of rotatable bonds is 7. The highest BCUT2D eigenvalue weighted by atomic mass is 19.4. The van der Waals surface area contributed by atoms with Crippen LogP contribution in [0.25, 0.3) is 0 Å². The molecule has 3 N–H and O–H groups in total. The lowest BCUT2D eigenvalue weighted by Crippen LogP contribution is -2.17. The topological polar surface area (TPSA) is 113 Å². The van der Waals surface area contributed by atoms with Gasteiger partial charge < -0.3 is 25.3 Å². The molecule has 0 bridgehead atoms. The molecule has 0 unspecified atom stereocenters. The average Bonchev–Trinajstić information content (AvgIpc) is 2.76. The molecule has 0 saturated heterocycles. The first-order valence-electron chi connectivity index (χ1n) is 10.8. The van der Waals surface area contributed by atoms with Crippen molar-refractivity contribution in [2.45, 2.75) is 13.3 Å². The van der Waals surface area contributed by atoms with Crippen LogP contribution in [-0.2, 0) is 0 Å². The number of hydrogen-bond acceptors (Lipinski definition) is 6. The second-order valence-corrected chi connectivity index (χ2v) is 6.68. The molecule has 178 valence electrons. The van der Waals surface area contributed by atoms with Crippen molar-refractivity contribution in [3.63, 3.8) is 0 Å². The van der Waals surface area contributed by atoms with Crippen LogP contribution in [0.15, 0.2) is 48.7 Å². The van der Waals surface area contributed by atoms with Gasteiger partial charge in [-0.15, -0.1) is 13.2 Å². The summed E-state index contributed by atoms with van der Waals surface area (Å²) in [6.45, 7) is 1.36. The number of nitrogens with one attached hydrogen (secondary N) is 1. The molecule has 0 spiro atoms. The molecular weight excluding hydrogens is 462 g/mol. The number of anilines is 1. The number of amides is 2. The Morgan fingerprint density at radius 1 is 1.09 bits per heavy atom. The normalized spacial score (nSPS) is 12.7. The van der Waals surface area contributed by atoms with Gasteiger partial charge in [-0.1, -0.05) is 6.07 Å². The Kier molecular flexibility index (Phi) is 5.75. The maximum atomic E-state index is 15.0. The largest absolute Gasteiger partial charge is 0.573 e. The molecule has 34 heavy (non-hydrogen) atoms. The van der Waals surface area contributed by atoms with Crippen molar-refractivity contribution in [2.75, 3.05) is 12.4 Å². The van der Waals surface area contributed by atoms with Crippen molar-refractivity contribution in [3.05, 3.63) is 71.2 Å². The van der Waals surface area contributed by atoms with E-state index in [1.165, 1.54) is 31.2 Å². The van der Waals surface area contributed by atoms with Crippen LogP contribution in [0.2, 0.25) is 0 Å². The van der Waals surface area contributed by atoms with Crippen LogP contribution in [0, 0.1) is 12.7 Å². The Balaban J connectivity index is 1.99. The van der Waals surface area contributed by atoms with Crippen molar-refractivity contribution in [2.24, 2.45) is 5.73 Å². The SMILES string of the molecule is [2H]C([2H])([2H])Oc1cc(OC(F)(F)F)ccc1Oc1ccc(C)c(F)c1C(=O)Nc1ccc(C(N)=O)cn1. The fourth-order valence-corrected chi connectivity index (χ4v) is 2.72. The maximum absolute atomic E-state index is 15.0. The first-order valence-corrected chi connectivity index (χ1v) is 9.26. The summed E-state index contributed by atoms with van der Waals surface area (Å²) >= 11 is 0. The lowest BCUT2D eigenvalue weighted by atomic mass is 10.1. The van der Waals surface area contributed by atoms with Gasteiger partial charge in [0.25, 0.3) is 5.91 Å². The van der Waals surface area contributed by atoms with Crippen LogP contribution in [0.4, 0.5) is 23.4 Å². The molecule has 12 heteroatoms. The molecule has 2 aromatic carbocycles. The van der Waals surface area contributed by atoms with Gasteiger partial charge in [-0.25, -0.2) is 9.37 Å². The van der Waals surface area contributed by atoms with Gasteiger partial charge in [0, 0.05) is 12.3 Å². The molecule has 2 amide bonds. The number of nitrogens with two attached hydrogens (primary N) is 1. The average molecular weight is 482 g/mol. The Hall–Kier alpha value is -4.35. The summed E-state index contributed by atoms with van der Waals surface area (Å²) in [6, 6.07) is 7.29. The first kappa shape index (κ1) is 20.3. The highest BCUT2D eigenvalue weighted by Gasteiger charge is 2.31. The highest BCUT2D eigenvalue weighted by molar-refractivity contribution is 6.06. The van der Waals surface area contributed by atoms with Gasteiger partial charge in [0.05, 0.1) is 16.7 Å². The third kappa shape index (κ3) is 5.71. The third-order valence-corrected chi connectivity index (χ3v) is 4.29. The van der Waals surface area contributed by atoms with Gasteiger partial charge in [-0.05, 0) is 42.8 Å². The molecule has 3 aromatic rings. The molecule has 0 aliphatic carbocycles. The predicted octanol–water partition coefficient (Wildman–Crippen LogP) is 4.58. The highest BCUT2D eigenvalue weighted by Crippen LogP contribution is 2.38. The number of carbonyl (C=O) groups excluding carboxylic acids is 2. The molecule has 1 aromatic heterocycles. The van der Waals surface area contributed by atoms with Gasteiger partial charge in [-0.3, -0.25) is 9.59 Å². The number of pyridine rings is 1. The molecule has 1 heterocycles. The molecule has 0 atom stereocenters.